The zero-order valence-electron chi connectivity index (χ0n) is 11.2. The topological polar surface area (TPSA) is 46.3 Å². The highest BCUT2D eigenvalue weighted by molar-refractivity contribution is 5.95. The lowest BCUT2D eigenvalue weighted by atomic mass is 9.80. The maximum atomic E-state index is 12.4. The highest BCUT2D eigenvalue weighted by atomic mass is 16.2. The van der Waals surface area contributed by atoms with Gasteiger partial charge in [0.25, 0.3) is 5.91 Å². The smallest absolute Gasteiger partial charge is 0.253 e. The fraction of sp³-hybridized carbons (Fsp3) is 0.533. The number of benzene rings is 1. The summed E-state index contributed by atoms with van der Waals surface area (Å²) in [5.41, 5.74) is 7.74. The summed E-state index contributed by atoms with van der Waals surface area (Å²) >= 11 is 0. The molecule has 98 valence electrons. The van der Waals surface area contributed by atoms with Gasteiger partial charge in [0.15, 0.2) is 0 Å². The first-order valence-electron chi connectivity index (χ1n) is 6.70. The molecule has 0 saturated heterocycles. The quantitative estimate of drug-likeness (QED) is 0.884. The molecule has 0 radical (unpaired) electrons. The van der Waals surface area contributed by atoms with Crippen LogP contribution in [0.3, 0.4) is 0 Å². The van der Waals surface area contributed by atoms with E-state index < -0.39 is 0 Å². The zero-order valence-corrected chi connectivity index (χ0v) is 11.2. The first kappa shape index (κ1) is 13.1. The lowest BCUT2D eigenvalue weighted by Crippen LogP contribution is -2.43. The van der Waals surface area contributed by atoms with Crippen LogP contribution in [0.5, 0.6) is 0 Å². The van der Waals surface area contributed by atoms with Gasteiger partial charge in [0, 0.05) is 25.2 Å². The molecule has 1 aromatic carbocycles. The SMILES string of the molecule is CCc1ccccc1C(=O)N(C)CC1CC(N)C1. The molecule has 0 aliphatic heterocycles. The average Bonchev–Trinajstić information content (AvgIpc) is 2.35. The summed E-state index contributed by atoms with van der Waals surface area (Å²) < 4.78 is 0. The Kier molecular flexibility index (Phi) is 4.02. The predicted octanol–water partition coefficient (Wildman–Crippen LogP) is 2.06. The maximum Gasteiger partial charge on any atom is 0.253 e. The molecule has 0 bridgehead atoms. The van der Waals surface area contributed by atoms with Crippen molar-refractivity contribution in [2.45, 2.75) is 32.2 Å². The molecule has 1 aliphatic carbocycles. The Morgan fingerprint density at radius 2 is 2.06 bits per heavy atom. The van der Waals surface area contributed by atoms with E-state index in [0.717, 1.165) is 36.9 Å². The van der Waals surface area contributed by atoms with Crippen molar-refractivity contribution < 1.29 is 4.79 Å². The fourth-order valence-electron chi connectivity index (χ4n) is 2.65. The summed E-state index contributed by atoms with van der Waals surface area (Å²) in [4.78, 5) is 14.2. The van der Waals surface area contributed by atoms with E-state index >= 15 is 0 Å². The third-order valence-electron chi connectivity index (χ3n) is 3.78. The molecule has 2 rings (SSSR count). The van der Waals surface area contributed by atoms with Crippen LogP contribution >= 0.6 is 0 Å². The number of amides is 1. The van der Waals surface area contributed by atoms with Crippen LogP contribution in [0.4, 0.5) is 0 Å². The number of nitrogens with zero attached hydrogens (tertiary/aromatic N) is 1. The van der Waals surface area contributed by atoms with Gasteiger partial charge in [-0.05, 0) is 36.8 Å². The van der Waals surface area contributed by atoms with Crippen LogP contribution in [0.1, 0.15) is 35.7 Å². The van der Waals surface area contributed by atoms with Crippen LogP contribution in [0, 0.1) is 5.92 Å². The van der Waals surface area contributed by atoms with Gasteiger partial charge in [-0.1, -0.05) is 25.1 Å². The van der Waals surface area contributed by atoms with Gasteiger partial charge in [-0.3, -0.25) is 4.79 Å². The van der Waals surface area contributed by atoms with Crippen molar-refractivity contribution in [1.82, 2.24) is 4.90 Å². The Balaban J connectivity index is 2.01. The summed E-state index contributed by atoms with van der Waals surface area (Å²) in [6.07, 6.45) is 2.99. The number of nitrogens with two attached hydrogens (primary N) is 1. The molecule has 0 atom stereocenters. The van der Waals surface area contributed by atoms with Gasteiger partial charge >= 0.3 is 0 Å². The molecule has 0 unspecified atom stereocenters. The molecule has 3 nitrogen and oxygen atoms in total. The minimum absolute atomic E-state index is 0.132. The predicted molar refractivity (Wildman–Crippen MR) is 73.5 cm³/mol. The minimum Gasteiger partial charge on any atom is -0.341 e. The van der Waals surface area contributed by atoms with E-state index in [1.165, 1.54) is 0 Å². The zero-order chi connectivity index (χ0) is 13.1. The van der Waals surface area contributed by atoms with E-state index in [4.69, 9.17) is 5.73 Å². The summed E-state index contributed by atoms with van der Waals surface area (Å²) in [6.45, 7) is 2.90. The van der Waals surface area contributed by atoms with Gasteiger partial charge in [0.05, 0.1) is 0 Å². The van der Waals surface area contributed by atoms with Crippen molar-refractivity contribution in [2.75, 3.05) is 13.6 Å². The number of hydrogen-bond donors (Lipinski definition) is 1. The van der Waals surface area contributed by atoms with Crippen molar-refractivity contribution in [3.05, 3.63) is 35.4 Å². The standard InChI is InChI=1S/C15H22N2O/c1-3-12-6-4-5-7-14(12)15(18)17(2)10-11-8-13(16)9-11/h4-7,11,13H,3,8-10,16H2,1-2H3. The van der Waals surface area contributed by atoms with Gasteiger partial charge in [-0.2, -0.15) is 0 Å². The number of carbonyl (C=O) groups excluding carboxylic acids is 1. The molecule has 1 fully saturated rings. The van der Waals surface area contributed by atoms with Crippen LogP contribution in [0.15, 0.2) is 24.3 Å². The summed E-state index contributed by atoms with van der Waals surface area (Å²) in [6, 6.07) is 8.21. The Labute approximate surface area is 109 Å². The molecule has 1 saturated carbocycles. The van der Waals surface area contributed by atoms with Gasteiger partial charge in [-0.15, -0.1) is 0 Å². The molecule has 0 aromatic heterocycles. The largest absolute Gasteiger partial charge is 0.341 e. The number of hydrogen-bond acceptors (Lipinski definition) is 2. The van der Waals surface area contributed by atoms with E-state index in [1.54, 1.807) is 0 Å². The van der Waals surface area contributed by atoms with Crippen molar-refractivity contribution >= 4 is 5.91 Å². The van der Waals surface area contributed by atoms with Crippen molar-refractivity contribution in [3.8, 4) is 0 Å². The molecular formula is C15H22N2O. The molecular weight excluding hydrogens is 224 g/mol. The minimum atomic E-state index is 0.132. The highest BCUT2D eigenvalue weighted by Gasteiger charge is 2.28. The second-order valence-corrected chi connectivity index (χ2v) is 5.29. The monoisotopic (exact) mass is 246 g/mol. The van der Waals surface area contributed by atoms with Gasteiger partial charge in [0.2, 0.25) is 0 Å². The molecule has 2 N–H and O–H groups in total. The van der Waals surface area contributed by atoms with E-state index in [-0.39, 0.29) is 5.91 Å². The summed E-state index contributed by atoms with van der Waals surface area (Å²) in [5, 5.41) is 0. The molecule has 0 heterocycles. The number of rotatable bonds is 4. The summed E-state index contributed by atoms with van der Waals surface area (Å²) in [7, 11) is 1.89. The van der Waals surface area contributed by atoms with E-state index in [2.05, 4.69) is 6.92 Å². The van der Waals surface area contributed by atoms with Crippen molar-refractivity contribution in [1.29, 1.82) is 0 Å². The van der Waals surface area contributed by atoms with Crippen molar-refractivity contribution in [2.24, 2.45) is 11.7 Å². The Bertz CT molecular complexity index is 424. The second-order valence-electron chi connectivity index (χ2n) is 5.29. The molecule has 1 aromatic rings. The third-order valence-corrected chi connectivity index (χ3v) is 3.78. The Morgan fingerprint density at radius 1 is 1.39 bits per heavy atom. The first-order valence-corrected chi connectivity index (χ1v) is 6.70. The second kappa shape index (κ2) is 5.53. The van der Waals surface area contributed by atoms with Crippen LogP contribution in [0.2, 0.25) is 0 Å². The van der Waals surface area contributed by atoms with E-state index in [0.29, 0.717) is 12.0 Å². The summed E-state index contributed by atoms with van der Waals surface area (Å²) in [5.74, 6) is 0.718. The molecule has 3 heteroatoms. The fourth-order valence-corrected chi connectivity index (χ4v) is 2.65. The van der Waals surface area contributed by atoms with Crippen LogP contribution in [-0.4, -0.2) is 30.4 Å². The molecule has 1 aliphatic rings. The average molecular weight is 246 g/mol. The van der Waals surface area contributed by atoms with E-state index in [1.807, 2.05) is 36.2 Å². The lowest BCUT2D eigenvalue weighted by Gasteiger charge is -2.35. The van der Waals surface area contributed by atoms with Crippen LogP contribution in [-0.2, 0) is 6.42 Å². The number of carbonyl (C=O) groups is 1. The highest BCUT2D eigenvalue weighted by Crippen LogP contribution is 2.26. The van der Waals surface area contributed by atoms with Crippen LogP contribution in [0.25, 0.3) is 0 Å². The lowest BCUT2D eigenvalue weighted by molar-refractivity contribution is 0.0733. The maximum absolute atomic E-state index is 12.4. The third kappa shape index (κ3) is 2.72. The van der Waals surface area contributed by atoms with E-state index in [9.17, 15) is 4.79 Å². The van der Waals surface area contributed by atoms with Gasteiger partial charge in [-0.25, -0.2) is 0 Å². The van der Waals surface area contributed by atoms with Gasteiger partial charge in [0.1, 0.15) is 0 Å². The first-order chi connectivity index (χ1) is 8.61. The van der Waals surface area contributed by atoms with Gasteiger partial charge < -0.3 is 10.6 Å². The molecule has 1 amide bonds. The Morgan fingerprint density at radius 3 is 2.67 bits per heavy atom. The van der Waals surface area contributed by atoms with Crippen LogP contribution < -0.4 is 5.73 Å². The molecule has 0 spiro atoms. The Hall–Kier alpha value is -1.35. The normalized spacial score (nSPS) is 22.4. The molecule has 18 heavy (non-hydrogen) atoms. The van der Waals surface area contributed by atoms with Crippen molar-refractivity contribution in [3.63, 3.8) is 0 Å². The number of aryl methyl sites for hydroxylation is 1.